The largest absolute Gasteiger partial charge is 0.490 e. The molecule has 0 aromatic heterocycles. The van der Waals surface area contributed by atoms with Gasteiger partial charge in [0.15, 0.2) is 0 Å². The molecule has 0 amide bonds. The zero-order valence-electron chi connectivity index (χ0n) is 13.5. The first-order valence-electron chi connectivity index (χ1n) is 7.05. The second kappa shape index (κ2) is 8.70. The lowest BCUT2D eigenvalue weighted by Gasteiger charge is -2.55. The van der Waals surface area contributed by atoms with Crippen LogP contribution in [0.25, 0.3) is 0 Å². The first-order chi connectivity index (χ1) is 11.1. The highest BCUT2D eigenvalue weighted by molar-refractivity contribution is 5.73. The number of hydrogen-bond acceptors (Lipinski definition) is 4. The molecule has 1 spiro atoms. The van der Waals surface area contributed by atoms with Gasteiger partial charge in [0, 0.05) is 19.6 Å². The Morgan fingerprint density at radius 1 is 1.00 bits per heavy atom. The molecule has 2 rings (SSSR count). The first kappa shape index (κ1) is 23.4. The second-order valence-corrected chi connectivity index (χ2v) is 6.25. The highest BCUT2D eigenvalue weighted by Gasteiger charge is 2.47. The van der Waals surface area contributed by atoms with E-state index in [0.717, 1.165) is 11.3 Å². The van der Waals surface area contributed by atoms with Gasteiger partial charge < -0.3 is 20.4 Å². The molecule has 0 unspecified atom stereocenters. The fraction of sp³-hybridized carbons (Fsp3) is 0.846. The maximum atomic E-state index is 10.6. The Bertz CT molecular complexity index is 428. The van der Waals surface area contributed by atoms with Gasteiger partial charge in [-0.2, -0.15) is 26.3 Å². The summed E-state index contributed by atoms with van der Waals surface area (Å²) in [7, 11) is 4.34. The summed E-state index contributed by atoms with van der Waals surface area (Å²) in [5, 5.41) is 17.6. The molecule has 3 N–H and O–H groups in total. The van der Waals surface area contributed by atoms with Gasteiger partial charge >= 0.3 is 24.3 Å². The van der Waals surface area contributed by atoms with Gasteiger partial charge in [-0.25, -0.2) is 9.59 Å². The smallest absolute Gasteiger partial charge is 0.475 e. The Morgan fingerprint density at radius 3 is 1.48 bits per heavy atom. The monoisotopic (exact) mass is 382 g/mol. The van der Waals surface area contributed by atoms with Crippen LogP contribution >= 0.6 is 0 Å². The Hall–Kier alpha value is -1.56. The summed E-state index contributed by atoms with van der Waals surface area (Å²) < 4.78 is 63.5. The topological polar surface area (TPSA) is 89.9 Å². The van der Waals surface area contributed by atoms with Crippen LogP contribution in [0.4, 0.5) is 26.3 Å². The van der Waals surface area contributed by atoms with E-state index >= 15 is 0 Å². The van der Waals surface area contributed by atoms with Crippen molar-refractivity contribution in [2.45, 2.75) is 25.2 Å². The van der Waals surface area contributed by atoms with E-state index in [1.165, 1.54) is 32.5 Å². The quantitative estimate of drug-likeness (QED) is 0.632. The number of rotatable bonds is 2. The van der Waals surface area contributed by atoms with Crippen molar-refractivity contribution in [2.24, 2.45) is 11.3 Å². The van der Waals surface area contributed by atoms with Gasteiger partial charge in [0.2, 0.25) is 0 Å². The molecule has 1 aliphatic carbocycles. The summed E-state index contributed by atoms with van der Waals surface area (Å²) in [6.45, 7) is 3.87. The molecule has 0 aromatic carbocycles. The van der Waals surface area contributed by atoms with Crippen molar-refractivity contribution in [3.63, 3.8) is 0 Å². The summed E-state index contributed by atoms with van der Waals surface area (Å²) >= 11 is 0. The van der Waals surface area contributed by atoms with Gasteiger partial charge in [-0.3, -0.25) is 0 Å². The predicted molar refractivity (Wildman–Crippen MR) is 74.0 cm³/mol. The van der Waals surface area contributed by atoms with Crippen molar-refractivity contribution >= 4 is 11.9 Å². The fourth-order valence-electron chi connectivity index (χ4n) is 2.58. The number of hydrogen-bond donors (Lipinski definition) is 3. The molecule has 6 nitrogen and oxygen atoms in total. The Labute approximate surface area is 139 Å². The zero-order valence-corrected chi connectivity index (χ0v) is 13.5. The molecule has 2 aliphatic rings. The van der Waals surface area contributed by atoms with Crippen LogP contribution in [-0.2, 0) is 9.59 Å². The minimum atomic E-state index is -5.08. The number of nitrogens with zero attached hydrogens (tertiary/aromatic N) is 1. The van der Waals surface area contributed by atoms with Crippen LogP contribution < -0.4 is 5.32 Å². The van der Waals surface area contributed by atoms with E-state index in [9.17, 15) is 26.3 Å². The lowest BCUT2D eigenvalue weighted by molar-refractivity contribution is -0.193. The Kier molecular flexibility index (Phi) is 8.15. The molecule has 0 aromatic rings. The molecule has 1 heterocycles. The first-order valence-corrected chi connectivity index (χ1v) is 7.05. The summed E-state index contributed by atoms with van der Waals surface area (Å²) in [5.74, 6) is -4.52. The second-order valence-electron chi connectivity index (χ2n) is 6.25. The molecule has 2 fully saturated rings. The highest BCUT2D eigenvalue weighted by atomic mass is 19.4. The van der Waals surface area contributed by atoms with E-state index in [4.69, 9.17) is 19.8 Å². The third-order valence-corrected chi connectivity index (χ3v) is 3.55. The standard InChI is InChI=1S/C9H18N2.2C2HF3O2/c1-11(2)5-8-3-9(4-8)6-10-7-9;2*3-2(4,5)1(6)7/h8,10H,3-7H2,1-2H3;2*(H,6,7). The predicted octanol–water partition coefficient (Wildman–Crippen LogP) is 1.81. The maximum absolute atomic E-state index is 10.6. The summed E-state index contributed by atoms with van der Waals surface area (Å²) in [6, 6.07) is 0. The summed E-state index contributed by atoms with van der Waals surface area (Å²) in [4.78, 5) is 20.1. The van der Waals surface area contributed by atoms with Gasteiger partial charge in [0.05, 0.1) is 0 Å². The molecule has 1 saturated carbocycles. The average Bonchev–Trinajstić information content (AvgIpc) is 2.29. The Balaban J connectivity index is 0.000000366. The van der Waals surface area contributed by atoms with Gasteiger partial charge in [0.25, 0.3) is 0 Å². The maximum Gasteiger partial charge on any atom is 0.490 e. The van der Waals surface area contributed by atoms with Crippen molar-refractivity contribution in [1.29, 1.82) is 0 Å². The number of carboxylic acids is 2. The number of nitrogens with one attached hydrogen (secondary N) is 1. The number of halogens is 6. The van der Waals surface area contributed by atoms with Crippen LogP contribution in [0.15, 0.2) is 0 Å². The van der Waals surface area contributed by atoms with E-state index < -0.39 is 24.3 Å². The average molecular weight is 382 g/mol. The molecule has 12 heteroatoms. The molecule has 25 heavy (non-hydrogen) atoms. The number of alkyl halides is 6. The Morgan fingerprint density at radius 2 is 1.32 bits per heavy atom. The summed E-state index contributed by atoms with van der Waals surface area (Å²) in [5.41, 5.74) is 0.765. The van der Waals surface area contributed by atoms with E-state index in [-0.39, 0.29) is 0 Å². The van der Waals surface area contributed by atoms with Crippen LogP contribution in [-0.4, -0.2) is 73.1 Å². The van der Waals surface area contributed by atoms with Gasteiger partial charge in [-0.1, -0.05) is 0 Å². The number of carboxylic acid groups (broad SMARTS) is 2. The van der Waals surface area contributed by atoms with Crippen LogP contribution in [0.1, 0.15) is 12.8 Å². The lowest BCUT2D eigenvalue weighted by atomic mass is 9.58. The van der Waals surface area contributed by atoms with E-state index in [1.807, 2.05) is 0 Å². The van der Waals surface area contributed by atoms with Crippen molar-refractivity contribution in [3.05, 3.63) is 0 Å². The van der Waals surface area contributed by atoms with Crippen molar-refractivity contribution in [2.75, 3.05) is 33.7 Å². The third kappa shape index (κ3) is 8.91. The van der Waals surface area contributed by atoms with E-state index in [1.54, 1.807) is 0 Å². The van der Waals surface area contributed by atoms with Gasteiger partial charge in [-0.05, 0) is 38.3 Å². The molecule has 1 saturated heterocycles. The van der Waals surface area contributed by atoms with Crippen LogP contribution in [0.5, 0.6) is 0 Å². The molecule has 0 atom stereocenters. The summed E-state index contributed by atoms with van der Waals surface area (Å²) in [6.07, 6.45) is -7.23. The highest BCUT2D eigenvalue weighted by Crippen LogP contribution is 2.48. The fourth-order valence-corrected chi connectivity index (χ4v) is 2.58. The normalized spacial score (nSPS) is 18.9. The minimum absolute atomic E-state index is 0.765. The SMILES string of the molecule is CN(C)CC1CC2(CNC2)C1.O=C(O)C(F)(F)F.O=C(O)C(F)(F)F. The number of carbonyl (C=O) groups is 2. The van der Waals surface area contributed by atoms with Gasteiger partial charge in [0.1, 0.15) is 0 Å². The van der Waals surface area contributed by atoms with E-state index in [2.05, 4.69) is 24.3 Å². The van der Waals surface area contributed by atoms with Gasteiger partial charge in [-0.15, -0.1) is 0 Å². The molecular weight excluding hydrogens is 362 g/mol. The molecule has 0 radical (unpaired) electrons. The third-order valence-electron chi connectivity index (χ3n) is 3.55. The van der Waals surface area contributed by atoms with Crippen LogP contribution in [0.2, 0.25) is 0 Å². The lowest BCUT2D eigenvalue weighted by Crippen LogP contribution is -2.61. The van der Waals surface area contributed by atoms with E-state index in [0.29, 0.717) is 0 Å². The molecular formula is C13H20F6N2O4. The van der Waals surface area contributed by atoms with Crippen molar-refractivity contribution in [1.82, 2.24) is 10.2 Å². The van der Waals surface area contributed by atoms with Crippen LogP contribution in [0, 0.1) is 11.3 Å². The number of aliphatic carboxylic acids is 2. The minimum Gasteiger partial charge on any atom is -0.475 e. The zero-order chi connectivity index (χ0) is 20.1. The van der Waals surface area contributed by atoms with Crippen molar-refractivity contribution in [3.8, 4) is 0 Å². The van der Waals surface area contributed by atoms with Crippen molar-refractivity contribution < 1.29 is 46.1 Å². The molecule has 0 bridgehead atoms. The molecule has 148 valence electrons. The van der Waals surface area contributed by atoms with Crippen LogP contribution in [0.3, 0.4) is 0 Å². The molecule has 1 aliphatic heterocycles.